The van der Waals surface area contributed by atoms with Crippen molar-refractivity contribution in [2.75, 3.05) is 18.0 Å². The number of carbonyl (C=O) groups is 2. The van der Waals surface area contributed by atoms with Crippen LogP contribution < -0.4 is 14.4 Å². The monoisotopic (exact) mass is 583 g/mol. The molecule has 0 aromatic heterocycles. The highest BCUT2D eigenvalue weighted by Crippen LogP contribution is 2.28. The molecule has 8 nitrogen and oxygen atoms in total. The first-order chi connectivity index (χ1) is 19.2. The summed E-state index contributed by atoms with van der Waals surface area (Å²) in [5.41, 5.74) is 0.988. The Labute approximate surface area is 240 Å². The molecule has 40 heavy (non-hydrogen) atoms. The molecule has 0 aliphatic heterocycles. The second-order valence-corrected chi connectivity index (χ2v) is 12.1. The Morgan fingerprint density at radius 2 is 1.70 bits per heavy atom. The average molecular weight is 584 g/mol. The van der Waals surface area contributed by atoms with Crippen LogP contribution in [0.4, 0.5) is 5.69 Å². The van der Waals surface area contributed by atoms with Crippen LogP contribution in [0.15, 0.2) is 83.8 Å². The molecule has 0 bridgehead atoms. The predicted molar refractivity (Wildman–Crippen MR) is 156 cm³/mol. The van der Waals surface area contributed by atoms with E-state index in [1.54, 1.807) is 67.6 Å². The fourth-order valence-corrected chi connectivity index (χ4v) is 6.46. The lowest BCUT2D eigenvalue weighted by molar-refractivity contribution is -0.139. The van der Waals surface area contributed by atoms with Crippen LogP contribution >= 0.6 is 11.6 Å². The van der Waals surface area contributed by atoms with Gasteiger partial charge in [0.2, 0.25) is 11.8 Å². The molecule has 1 aliphatic carbocycles. The van der Waals surface area contributed by atoms with Gasteiger partial charge >= 0.3 is 0 Å². The number of carbonyl (C=O) groups excluding carboxylic acids is 2. The third kappa shape index (κ3) is 7.14. The van der Waals surface area contributed by atoms with E-state index < -0.39 is 28.5 Å². The summed E-state index contributed by atoms with van der Waals surface area (Å²) in [6, 6.07) is 20.7. The highest BCUT2D eigenvalue weighted by Gasteiger charge is 2.33. The Balaban J connectivity index is 1.69. The number of halogens is 1. The van der Waals surface area contributed by atoms with E-state index in [4.69, 9.17) is 16.3 Å². The number of nitrogens with zero attached hydrogens (tertiary/aromatic N) is 2. The number of nitrogens with one attached hydrogen (secondary N) is 1. The summed E-state index contributed by atoms with van der Waals surface area (Å²) < 4.78 is 34.1. The number of ether oxygens (including phenoxy) is 1. The molecule has 0 spiro atoms. The number of benzene rings is 3. The van der Waals surface area contributed by atoms with Gasteiger partial charge in [0.1, 0.15) is 18.3 Å². The quantitative estimate of drug-likeness (QED) is 0.342. The van der Waals surface area contributed by atoms with E-state index in [0.29, 0.717) is 10.8 Å². The van der Waals surface area contributed by atoms with E-state index in [1.807, 2.05) is 6.07 Å². The van der Waals surface area contributed by atoms with Crippen LogP contribution in [0.3, 0.4) is 0 Å². The van der Waals surface area contributed by atoms with Gasteiger partial charge < -0.3 is 15.0 Å². The topological polar surface area (TPSA) is 96.0 Å². The second-order valence-electron chi connectivity index (χ2n) is 9.84. The molecule has 1 aliphatic rings. The van der Waals surface area contributed by atoms with Crippen molar-refractivity contribution >= 4 is 39.1 Å². The van der Waals surface area contributed by atoms with Gasteiger partial charge in [0.05, 0.1) is 17.7 Å². The van der Waals surface area contributed by atoms with Crippen LogP contribution in [0.5, 0.6) is 5.75 Å². The van der Waals surface area contributed by atoms with Crippen molar-refractivity contribution in [1.82, 2.24) is 10.2 Å². The van der Waals surface area contributed by atoms with E-state index in [1.165, 1.54) is 24.1 Å². The molecule has 1 atom stereocenters. The van der Waals surface area contributed by atoms with Crippen LogP contribution in [-0.2, 0) is 26.2 Å². The van der Waals surface area contributed by atoms with E-state index in [2.05, 4.69) is 5.32 Å². The molecule has 1 fully saturated rings. The number of rotatable bonds is 11. The van der Waals surface area contributed by atoms with Gasteiger partial charge in [-0.2, -0.15) is 0 Å². The molecule has 0 radical (unpaired) electrons. The van der Waals surface area contributed by atoms with Crippen LogP contribution in [-0.4, -0.2) is 50.9 Å². The van der Waals surface area contributed by atoms with Crippen molar-refractivity contribution in [2.45, 2.75) is 56.1 Å². The Hall–Kier alpha value is -3.56. The first-order valence-corrected chi connectivity index (χ1v) is 15.1. The molecule has 1 saturated carbocycles. The summed E-state index contributed by atoms with van der Waals surface area (Å²) in [4.78, 5) is 28.7. The van der Waals surface area contributed by atoms with Crippen molar-refractivity contribution in [3.8, 4) is 5.75 Å². The van der Waals surface area contributed by atoms with Crippen LogP contribution in [0, 0.1) is 0 Å². The normalized spacial score (nSPS) is 14.4. The van der Waals surface area contributed by atoms with Gasteiger partial charge in [-0.15, -0.1) is 0 Å². The number of amides is 2. The zero-order chi connectivity index (χ0) is 28.7. The average Bonchev–Trinajstić information content (AvgIpc) is 3.47. The maximum absolute atomic E-state index is 14.0. The summed E-state index contributed by atoms with van der Waals surface area (Å²) in [7, 11) is -2.66. The van der Waals surface area contributed by atoms with E-state index in [0.717, 1.165) is 35.6 Å². The maximum Gasteiger partial charge on any atom is 0.264 e. The predicted octanol–water partition coefficient (Wildman–Crippen LogP) is 5.02. The minimum Gasteiger partial charge on any atom is -0.497 e. The minimum absolute atomic E-state index is 0.0408. The summed E-state index contributed by atoms with van der Waals surface area (Å²) in [5, 5.41) is 3.56. The van der Waals surface area contributed by atoms with Gasteiger partial charge in [-0.1, -0.05) is 60.8 Å². The van der Waals surface area contributed by atoms with Crippen LogP contribution in [0.25, 0.3) is 0 Å². The lowest BCUT2D eigenvalue weighted by Crippen LogP contribution is -2.52. The van der Waals surface area contributed by atoms with Gasteiger partial charge in [-0.3, -0.25) is 13.9 Å². The molecule has 212 valence electrons. The number of methoxy groups -OCH3 is 1. The Kier molecular flexibility index (Phi) is 9.71. The summed E-state index contributed by atoms with van der Waals surface area (Å²) in [6.45, 7) is 1.22. The lowest BCUT2D eigenvalue weighted by Gasteiger charge is -2.32. The van der Waals surface area contributed by atoms with E-state index in [-0.39, 0.29) is 29.1 Å². The van der Waals surface area contributed by atoms with Gasteiger partial charge in [0.25, 0.3) is 10.0 Å². The lowest BCUT2D eigenvalue weighted by atomic mass is 10.1. The molecule has 2 amide bonds. The summed E-state index contributed by atoms with van der Waals surface area (Å²) >= 11 is 6.20. The number of hydrogen-bond donors (Lipinski definition) is 1. The fraction of sp³-hybridized carbons (Fsp3) is 0.333. The zero-order valence-corrected chi connectivity index (χ0v) is 24.2. The SMILES string of the molecule is COc1cccc(N(CC(=O)N(Cc2cccc(Cl)c2)C(C)C(=O)NC2CCCC2)S(=O)(=O)c2ccccc2)c1. The molecule has 1 unspecified atom stereocenters. The Morgan fingerprint density at radius 3 is 2.38 bits per heavy atom. The van der Waals surface area contributed by atoms with Crippen molar-refractivity contribution in [2.24, 2.45) is 0 Å². The third-order valence-electron chi connectivity index (χ3n) is 7.06. The standard InChI is InChI=1S/C30H34ClN3O5S/c1-22(30(36)32-25-12-6-7-13-25)33(20-23-10-8-11-24(31)18-23)29(35)21-34(26-14-9-15-27(19-26)39-2)40(37,38)28-16-4-3-5-17-28/h3-5,8-11,14-19,22,25H,6-7,12-13,20-21H2,1-2H3,(H,32,36). The fourth-order valence-electron chi connectivity index (χ4n) is 4.82. The van der Waals surface area contributed by atoms with Gasteiger partial charge in [0, 0.05) is 23.7 Å². The van der Waals surface area contributed by atoms with E-state index >= 15 is 0 Å². The number of sulfonamides is 1. The highest BCUT2D eigenvalue weighted by atomic mass is 35.5. The molecule has 0 heterocycles. The first-order valence-electron chi connectivity index (χ1n) is 13.2. The number of anilines is 1. The molecule has 10 heteroatoms. The van der Waals surface area contributed by atoms with Crippen molar-refractivity contribution < 1.29 is 22.7 Å². The zero-order valence-electron chi connectivity index (χ0n) is 22.6. The summed E-state index contributed by atoms with van der Waals surface area (Å²) in [6.07, 6.45) is 3.91. The Bertz CT molecular complexity index is 1430. The van der Waals surface area contributed by atoms with E-state index in [9.17, 15) is 18.0 Å². The van der Waals surface area contributed by atoms with Crippen molar-refractivity contribution in [3.05, 3.63) is 89.4 Å². The summed E-state index contributed by atoms with van der Waals surface area (Å²) in [5.74, 6) is -0.365. The van der Waals surface area contributed by atoms with Gasteiger partial charge in [0.15, 0.2) is 0 Å². The molecule has 4 rings (SSSR count). The highest BCUT2D eigenvalue weighted by molar-refractivity contribution is 7.92. The largest absolute Gasteiger partial charge is 0.497 e. The third-order valence-corrected chi connectivity index (χ3v) is 9.09. The van der Waals surface area contributed by atoms with Crippen LogP contribution in [0.1, 0.15) is 38.2 Å². The molecule has 3 aromatic rings. The Morgan fingerprint density at radius 1 is 1.00 bits per heavy atom. The van der Waals surface area contributed by atoms with Crippen LogP contribution in [0.2, 0.25) is 5.02 Å². The van der Waals surface area contributed by atoms with Crippen molar-refractivity contribution in [3.63, 3.8) is 0 Å². The maximum atomic E-state index is 14.0. The van der Waals surface area contributed by atoms with Gasteiger partial charge in [-0.05, 0) is 61.7 Å². The molecular weight excluding hydrogens is 550 g/mol. The second kappa shape index (κ2) is 13.2. The molecule has 1 N–H and O–H groups in total. The van der Waals surface area contributed by atoms with Crippen molar-refractivity contribution in [1.29, 1.82) is 0 Å². The smallest absolute Gasteiger partial charge is 0.264 e. The first kappa shape index (κ1) is 29.4. The molecule has 0 saturated heterocycles. The van der Waals surface area contributed by atoms with Gasteiger partial charge in [-0.25, -0.2) is 8.42 Å². The molecular formula is C30H34ClN3O5S. The minimum atomic E-state index is -4.14. The molecule has 3 aromatic carbocycles. The number of hydrogen-bond acceptors (Lipinski definition) is 5.